The minimum atomic E-state index is -0.625. The van der Waals surface area contributed by atoms with E-state index in [0.717, 1.165) is 18.4 Å². The number of ether oxygens (including phenoxy) is 1. The highest BCUT2D eigenvalue weighted by molar-refractivity contribution is 6.13. The Hall–Kier alpha value is -4.65. The number of aromatic nitrogens is 3. The molecule has 1 aliphatic heterocycles. The van der Waals surface area contributed by atoms with Gasteiger partial charge in [0.1, 0.15) is 17.5 Å². The Labute approximate surface area is 181 Å². The number of hydrogen-bond acceptors (Lipinski definition) is 6. The van der Waals surface area contributed by atoms with Crippen LogP contribution in [0.4, 0.5) is 15.4 Å². The van der Waals surface area contributed by atoms with Gasteiger partial charge in [-0.15, -0.1) is 0 Å². The Morgan fingerprint density at radius 2 is 2.00 bits per heavy atom. The molecule has 0 spiro atoms. The average Bonchev–Trinajstić information content (AvgIpc) is 3.40. The first-order valence-electron chi connectivity index (χ1n) is 9.82. The number of nitrogens with zero attached hydrogens (tertiary/aromatic N) is 3. The van der Waals surface area contributed by atoms with Gasteiger partial charge < -0.3 is 10.1 Å². The summed E-state index contributed by atoms with van der Waals surface area (Å²) < 4.78 is 6.87. The van der Waals surface area contributed by atoms with Crippen molar-refractivity contribution in [2.45, 2.75) is 18.9 Å². The maximum absolute atomic E-state index is 12.2. The molecule has 0 bridgehead atoms. The quantitative estimate of drug-likeness (QED) is 0.333. The topological polar surface area (TPSA) is 127 Å². The number of carbonyl (C=O) groups is 3. The number of imide groups is 1. The molecule has 3 aromatic rings. The molecule has 5 rings (SSSR count). The molecule has 1 aromatic carbocycles. The number of urea groups is 1. The van der Waals surface area contributed by atoms with Crippen LogP contribution in [0.1, 0.15) is 29.8 Å². The number of anilines is 1. The van der Waals surface area contributed by atoms with E-state index in [2.05, 4.69) is 37.8 Å². The van der Waals surface area contributed by atoms with E-state index >= 15 is 0 Å². The fourth-order valence-corrected chi connectivity index (χ4v) is 3.01. The van der Waals surface area contributed by atoms with Crippen LogP contribution in [0.3, 0.4) is 0 Å². The first-order valence-corrected chi connectivity index (χ1v) is 9.82. The van der Waals surface area contributed by atoms with Crippen molar-refractivity contribution in [3.05, 3.63) is 65.4 Å². The second-order valence-corrected chi connectivity index (χ2v) is 7.16. The molecule has 1 saturated carbocycles. The predicted octanol–water partition coefficient (Wildman–Crippen LogP) is 2.02. The molecule has 158 valence electrons. The highest BCUT2D eigenvalue weighted by Gasteiger charge is 2.27. The normalized spacial score (nSPS) is 16.3. The van der Waals surface area contributed by atoms with Crippen LogP contribution < -0.4 is 16.0 Å². The smallest absolute Gasteiger partial charge is 0.413 e. The lowest BCUT2D eigenvalue weighted by atomic mass is 10.2. The molecule has 1 saturated heterocycles. The minimum Gasteiger partial charge on any atom is -0.446 e. The molecule has 2 fully saturated rings. The predicted molar refractivity (Wildman–Crippen MR) is 113 cm³/mol. The van der Waals surface area contributed by atoms with Gasteiger partial charge in [0.15, 0.2) is 11.5 Å². The molecule has 3 heterocycles. The van der Waals surface area contributed by atoms with E-state index in [1.165, 1.54) is 12.3 Å². The summed E-state index contributed by atoms with van der Waals surface area (Å²) >= 11 is 0. The fourth-order valence-electron chi connectivity index (χ4n) is 3.01. The lowest BCUT2D eigenvalue weighted by Crippen LogP contribution is -2.22. The molecule has 2 aromatic heterocycles. The summed E-state index contributed by atoms with van der Waals surface area (Å²) in [5, 5.41) is 7.20. The monoisotopic (exact) mass is 428 g/mol. The molecule has 10 heteroatoms. The average molecular weight is 428 g/mol. The SMILES string of the molecule is O=C1NC(=O)C(=Cc2cnc3c(NC(=O)OC4CC4)nc(C#Cc4ccccc4)cn23)N1. The molecule has 0 atom stereocenters. The van der Waals surface area contributed by atoms with Gasteiger partial charge in [0, 0.05) is 11.8 Å². The summed E-state index contributed by atoms with van der Waals surface area (Å²) in [6.45, 7) is 0. The van der Waals surface area contributed by atoms with Crippen molar-refractivity contribution in [2.24, 2.45) is 0 Å². The van der Waals surface area contributed by atoms with E-state index in [4.69, 9.17) is 4.74 Å². The largest absolute Gasteiger partial charge is 0.446 e. The van der Waals surface area contributed by atoms with Crippen LogP contribution in [-0.2, 0) is 9.53 Å². The van der Waals surface area contributed by atoms with E-state index in [1.54, 1.807) is 10.6 Å². The third-order valence-corrected chi connectivity index (χ3v) is 4.66. The standard InChI is InChI=1S/C22H16N6O4/c29-20-17(25-21(30)27-20)10-15-11-23-19-18(26-22(31)32-16-8-9-16)24-14(12-28(15)19)7-6-13-4-2-1-3-5-13/h1-5,10-12,16H,8-9H2,(H,24,26,31)(H2,25,27,29,30). The van der Waals surface area contributed by atoms with E-state index in [-0.39, 0.29) is 17.6 Å². The number of fused-ring (bicyclic) bond motifs is 1. The van der Waals surface area contributed by atoms with Gasteiger partial charge in [0.05, 0.1) is 11.9 Å². The van der Waals surface area contributed by atoms with Crippen LogP contribution in [0.2, 0.25) is 0 Å². The minimum absolute atomic E-state index is 0.0726. The third kappa shape index (κ3) is 4.13. The second-order valence-electron chi connectivity index (χ2n) is 7.16. The van der Waals surface area contributed by atoms with Crippen LogP contribution in [0.15, 0.2) is 48.4 Å². The lowest BCUT2D eigenvalue weighted by Gasteiger charge is -2.08. The molecular weight excluding hydrogens is 412 g/mol. The molecule has 2 aliphatic rings. The number of benzene rings is 1. The maximum Gasteiger partial charge on any atom is 0.413 e. The van der Waals surface area contributed by atoms with Crippen molar-refractivity contribution < 1.29 is 19.1 Å². The van der Waals surface area contributed by atoms with Gasteiger partial charge >= 0.3 is 12.1 Å². The number of hydrogen-bond donors (Lipinski definition) is 3. The molecule has 1 aliphatic carbocycles. The summed E-state index contributed by atoms with van der Waals surface area (Å²) in [7, 11) is 0. The lowest BCUT2D eigenvalue weighted by molar-refractivity contribution is -0.115. The Morgan fingerprint density at radius 1 is 1.19 bits per heavy atom. The molecular formula is C22H16N6O4. The summed E-state index contributed by atoms with van der Waals surface area (Å²) in [6, 6.07) is 8.78. The molecule has 32 heavy (non-hydrogen) atoms. The van der Waals surface area contributed by atoms with Crippen molar-refractivity contribution in [1.29, 1.82) is 0 Å². The van der Waals surface area contributed by atoms with Crippen LogP contribution in [0.25, 0.3) is 11.7 Å². The first kappa shape index (κ1) is 19.3. The number of nitrogens with one attached hydrogen (secondary N) is 3. The van der Waals surface area contributed by atoms with E-state index in [9.17, 15) is 14.4 Å². The maximum atomic E-state index is 12.2. The fraction of sp³-hybridized carbons (Fsp3) is 0.136. The van der Waals surface area contributed by atoms with Crippen LogP contribution in [0.5, 0.6) is 0 Å². The van der Waals surface area contributed by atoms with Gasteiger partial charge in [0.25, 0.3) is 5.91 Å². The zero-order chi connectivity index (χ0) is 22.1. The Bertz CT molecular complexity index is 1350. The van der Waals surface area contributed by atoms with Gasteiger partial charge in [-0.1, -0.05) is 24.1 Å². The van der Waals surface area contributed by atoms with Gasteiger partial charge in [-0.2, -0.15) is 0 Å². The highest BCUT2D eigenvalue weighted by Crippen LogP contribution is 2.25. The van der Waals surface area contributed by atoms with Gasteiger partial charge in [-0.25, -0.2) is 19.6 Å². The molecule has 0 radical (unpaired) electrons. The van der Waals surface area contributed by atoms with Crippen LogP contribution >= 0.6 is 0 Å². The number of amides is 4. The van der Waals surface area contributed by atoms with Crippen LogP contribution in [0, 0.1) is 11.8 Å². The van der Waals surface area contributed by atoms with Crippen molar-refractivity contribution in [1.82, 2.24) is 25.0 Å². The number of rotatable bonds is 3. The summed E-state index contributed by atoms with van der Waals surface area (Å²) in [5.74, 6) is 5.61. The number of carbonyl (C=O) groups excluding carboxylic acids is 3. The Morgan fingerprint density at radius 3 is 2.72 bits per heavy atom. The van der Waals surface area contributed by atoms with Crippen LogP contribution in [-0.4, -0.2) is 38.5 Å². The van der Waals surface area contributed by atoms with Gasteiger partial charge in [-0.3, -0.25) is 19.8 Å². The summed E-state index contributed by atoms with van der Waals surface area (Å²) in [5.41, 5.74) is 2.06. The zero-order valence-electron chi connectivity index (χ0n) is 16.6. The van der Waals surface area contributed by atoms with Gasteiger partial charge in [0.2, 0.25) is 0 Å². The first-order chi connectivity index (χ1) is 15.5. The molecule has 0 unspecified atom stereocenters. The third-order valence-electron chi connectivity index (χ3n) is 4.66. The number of imidazole rings is 1. The van der Waals surface area contributed by atoms with Crippen molar-refractivity contribution in [3.63, 3.8) is 0 Å². The highest BCUT2D eigenvalue weighted by atomic mass is 16.6. The summed E-state index contributed by atoms with van der Waals surface area (Å²) in [6.07, 6.45) is 5.59. The Kier molecular flexibility index (Phi) is 4.76. The molecule has 10 nitrogen and oxygen atoms in total. The summed E-state index contributed by atoms with van der Waals surface area (Å²) in [4.78, 5) is 44.2. The molecule has 3 N–H and O–H groups in total. The zero-order valence-corrected chi connectivity index (χ0v) is 16.6. The Balaban J connectivity index is 1.56. The van der Waals surface area contributed by atoms with Gasteiger partial charge in [-0.05, 0) is 37.0 Å². The van der Waals surface area contributed by atoms with E-state index in [0.29, 0.717) is 17.0 Å². The van der Waals surface area contributed by atoms with E-state index in [1.807, 2.05) is 30.3 Å². The van der Waals surface area contributed by atoms with Crippen molar-refractivity contribution in [3.8, 4) is 11.8 Å². The van der Waals surface area contributed by atoms with E-state index < -0.39 is 18.0 Å². The van der Waals surface area contributed by atoms with Crippen molar-refractivity contribution in [2.75, 3.05) is 5.32 Å². The van der Waals surface area contributed by atoms with Crippen molar-refractivity contribution >= 4 is 35.6 Å². The molecule has 4 amide bonds. The second kappa shape index (κ2) is 7.88.